The minimum atomic E-state index is -0.963. The molecule has 0 saturated carbocycles. The van der Waals surface area contributed by atoms with Crippen LogP contribution in [0.25, 0.3) is 0 Å². The van der Waals surface area contributed by atoms with Crippen LogP contribution in [0.5, 0.6) is 0 Å². The van der Waals surface area contributed by atoms with Crippen LogP contribution in [0.2, 0.25) is 0 Å². The number of hydrogen-bond donors (Lipinski definition) is 2. The number of aliphatic carboxylic acids is 1. The Morgan fingerprint density at radius 1 is 1.78 bits per heavy atom. The first kappa shape index (κ1) is 6.47. The summed E-state index contributed by atoms with van der Waals surface area (Å²) in [7, 11) is 0. The van der Waals surface area contributed by atoms with Crippen LogP contribution in [0.4, 0.5) is 0 Å². The Balaban J connectivity index is 2.31. The molecule has 0 spiro atoms. The molecule has 0 bridgehead atoms. The molecule has 0 amide bonds. The van der Waals surface area contributed by atoms with Crippen molar-refractivity contribution < 1.29 is 19.5 Å². The second-order valence-electron chi connectivity index (χ2n) is 1.64. The fourth-order valence-electron chi connectivity index (χ4n) is 0.498. The predicted octanol–water partition coefficient (Wildman–Crippen LogP) is -1.05. The van der Waals surface area contributed by atoms with Crippen molar-refractivity contribution in [1.29, 1.82) is 0 Å². The first-order chi connectivity index (χ1) is 4.30. The molecule has 1 fully saturated rings. The quantitative estimate of drug-likeness (QED) is 0.477. The van der Waals surface area contributed by atoms with Gasteiger partial charge >= 0.3 is 5.97 Å². The van der Waals surface area contributed by atoms with E-state index < -0.39 is 12.0 Å². The van der Waals surface area contributed by atoms with Crippen LogP contribution in [0.15, 0.2) is 0 Å². The Bertz CT molecular complexity index is 109. The van der Waals surface area contributed by atoms with E-state index in [4.69, 9.17) is 5.11 Å². The van der Waals surface area contributed by atoms with Crippen LogP contribution in [0.3, 0.4) is 0 Å². The molecule has 5 nitrogen and oxygen atoms in total. The topological polar surface area (TPSA) is 67.8 Å². The van der Waals surface area contributed by atoms with E-state index in [-0.39, 0.29) is 13.4 Å². The summed E-state index contributed by atoms with van der Waals surface area (Å²) >= 11 is 0. The monoisotopic (exact) mass is 133 g/mol. The van der Waals surface area contributed by atoms with Gasteiger partial charge in [0.05, 0.1) is 6.61 Å². The van der Waals surface area contributed by atoms with E-state index in [1.807, 2.05) is 0 Å². The number of ether oxygens (including phenoxy) is 1. The molecule has 5 heteroatoms. The summed E-state index contributed by atoms with van der Waals surface area (Å²) in [6, 6.07) is -0.723. The molecule has 1 saturated heterocycles. The lowest BCUT2D eigenvalue weighted by Gasteiger charge is -2.19. The van der Waals surface area contributed by atoms with Crippen LogP contribution in [-0.4, -0.2) is 30.5 Å². The van der Waals surface area contributed by atoms with Gasteiger partial charge in [-0.25, -0.2) is 0 Å². The Labute approximate surface area is 51.5 Å². The zero-order chi connectivity index (χ0) is 6.69. The van der Waals surface area contributed by atoms with Gasteiger partial charge in [0, 0.05) is 0 Å². The molecular weight excluding hydrogens is 126 g/mol. The van der Waals surface area contributed by atoms with Gasteiger partial charge in [0.15, 0.2) is 12.8 Å². The van der Waals surface area contributed by atoms with E-state index in [0.29, 0.717) is 0 Å². The number of hydroxylamine groups is 1. The predicted molar refractivity (Wildman–Crippen MR) is 26.5 cm³/mol. The molecule has 1 aliphatic rings. The minimum absolute atomic E-state index is 0.115. The van der Waals surface area contributed by atoms with Crippen molar-refractivity contribution in [3.05, 3.63) is 0 Å². The lowest BCUT2D eigenvalue weighted by molar-refractivity contribution is -0.182. The van der Waals surface area contributed by atoms with Gasteiger partial charge in [-0.2, -0.15) is 5.48 Å². The second-order valence-corrected chi connectivity index (χ2v) is 1.64. The third kappa shape index (κ3) is 1.63. The molecule has 1 aliphatic heterocycles. The van der Waals surface area contributed by atoms with E-state index in [2.05, 4.69) is 15.1 Å². The zero-order valence-corrected chi connectivity index (χ0v) is 4.66. The smallest absolute Gasteiger partial charge is 0.325 e. The normalized spacial score (nSPS) is 27.8. The van der Waals surface area contributed by atoms with Crippen molar-refractivity contribution in [2.24, 2.45) is 0 Å². The number of carbonyl (C=O) groups is 1. The molecule has 0 aliphatic carbocycles. The van der Waals surface area contributed by atoms with Crippen molar-refractivity contribution >= 4 is 5.97 Å². The highest BCUT2D eigenvalue weighted by atomic mass is 16.8. The van der Waals surface area contributed by atoms with E-state index >= 15 is 0 Å². The fraction of sp³-hybridized carbons (Fsp3) is 0.750. The standard InChI is InChI=1S/C4H7NO4/c6-4(7)3-1-8-2-9-5-3/h3,5H,1-2H2,(H,6,7)/t3-/m0/s1. The molecule has 1 heterocycles. The van der Waals surface area contributed by atoms with Crippen molar-refractivity contribution in [3.63, 3.8) is 0 Å². The van der Waals surface area contributed by atoms with Crippen molar-refractivity contribution in [2.75, 3.05) is 13.4 Å². The van der Waals surface area contributed by atoms with Gasteiger partial charge in [-0.15, -0.1) is 0 Å². The van der Waals surface area contributed by atoms with Gasteiger partial charge in [-0.05, 0) is 0 Å². The van der Waals surface area contributed by atoms with Gasteiger partial charge in [0.25, 0.3) is 0 Å². The van der Waals surface area contributed by atoms with Crippen LogP contribution < -0.4 is 5.48 Å². The number of hydrogen-bond acceptors (Lipinski definition) is 4. The zero-order valence-electron chi connectivity index (χ0n) is 4.66. The maximum atomic E-state index is 10.1. The average molecular weight is 133 g/mol. The Morgan fingerprint density at radius 2 is 2.56 bits per heavy atom. The van der Waals surface area contributed by atoms with Crippen LogP contribution >= 0.6 is 0 Å². The highest BCUT2D eigenvalue weighted by Crippen LogP contribution is 1.92. The molecule has 0 unspecified atom stereocenters. The maximum Gasteiger partial charge on any atom is 0.325 e. The largest absolute Gasteiger partial charge is 0.480 e. The first-order valence-electron chi connectivity index (χ1n) is 2.48. The summed E-state index contributed by atoms with van der Waals surface area (Å²) in [5, 5.41) is 8.32. The lowest BCUT2D eigenvalue weighted by Crippen LogP contribution is -2.44. The summed E-state index contributed by atoms with van der Waals surface area (Å²) in [5.74, 6) is -0.963. The molecular formula is C4H7NO4. The van der Waals surface area contributed by atoms with E-state index in [1.54, 1.807) is 0 Å². The van der Waals surface area contributed by atoms with Gasteiger partial charge in [-0.1, -0.05) is 0 Å². The Hall–Kier alpha value is -0.650. The maximum absolute atomic E-state index is 10.1. The second kappa shape index (κ2) is 2.77. The van der Waals surface area contributed by atoms with Gasteiger partial charge < -0.3 is 9.84 Å². The summed E-state index contributed by atoms with van der Waals surface area (Å²) < 4.78 is 4.68. The van der Waals surface area contributed by atoms with Crippen molar-refractivity contribution in [2.45, 2.75) is 6.04 Å². The molecule has 2 N–H and O–H groups in total. The van der Waals surface area contributed by atoms with Crippen LogP contribution in [-0.2, 0) is 14.4 Å². The highest BCUT2D eigenvalue weighted by Gasteiger charge is 2.20. The molecule has 1 rings (SSSR count). The summed E-state index contributed by atoms with van der Waals surface area (Å²) in [6.45, 7) is 0.277. The highest BCUT2D eigenvalue weighted by molar-refractivity contribution is 5.73. The van der Waals surface area contributed by atoms with Crippen LogP contribution in [0, 0.1) is 0 Å². The third-order valence-electron chi connectivity index (χ3n) is 0.950. The molecule has 9 heavy (non-hydrogen) atoms. The number of carboxylic acid groups (broad SMARTS) is 1. The lowest BCUT2D eigenvalue weighted by atomic mass is 10.3. The molecule has 0 radical (unpaired) electrons. The first-order valence-corrected chi connectivity index (χ1v) is 2.48. The molecule has 0 aromatic rings. The summed E-state index contributed by atoms with van der Waals surface area (Å²) in [4.78, 5) is 14.6. The SMILES string of the molecule is O=C(O)[C@@H]1COCON1. The summed E-state index contributed by atoms with van der Waals surface area (Å²) in [6.07, 6.45) is 0. The Morgan fingerprint density at radius 3 is 2.89 bits per heavy atom. The van der Waals surface area contributed by atoms with E-state index in [0.717, 1.165) is 0 Å². The Kier molecular flexibility index (Phi) is 1.99. The fourth-order valence-corrected chi connectivity index (χ4v) is 0.498. The average Bonchev–Trinajstić information content (AvgIpc) is 1.90. The van der Waals surface area contributed by atoms with Crippen molar-refractivity contribution in [1.82, 2.24) is 5.48 Å². The summed E-state index contributed by atoms with van der Waals surface area (Å²) in [5.41, 5.74) is 2.29. The van der Waals surface area contributed by atoms with E-state index in [1.165, 1.54) is 0 Å². The van der Waals surface area contributed by atoms with Gasteiger partial charge in [0.1, 0.15) is 0 Å². The van der Waals surface area contributed by atoms with Gasteiger partial charge in [0.2, 0.25) is 0 Å². The number of nitrogens with one attached hydrogen (secondary N) is 1. The molecule has 0 aromatic heterocycles. The number of carboxylic acids is 1. The third-order valence-corrected chi connectivity index (χ3v) is 0.950. The van der Waals surface area contributed by atoms with Crippen LogP contribution in [0.1, 0.15) is 0 Å². The van der Waals surface area contributed by atoms with Crippen molar-refractivity contribution in [3.8, 4) is 0 Å². The minimum Gasteiger partial charge on any atom is -0.480 e. The molecule has 1 atom stereocenters. The molecule has 52 valence electrons. The van der Waals surface area contributed by atoms with E-state index in [9.17, 15) is 4.79 Å². The van der Waals surface area contributed by atoms with Gasteiger partial charge in [-0.3, -0.25) is 9.63 Å². The molecule has 0 aromatic carbocycles. The number of rotatable bonds is 1.